The number of nitrogens with one attached hydrogen (secondary N) is 3. The van der Waals surface area contributed by atoms with Gasteiger partial charge in [0.2, 0.25) is 5.91 Å². The fourth-order valence-corrected chi connectivity index (χ4v) is 2.49. The van der Waals surface area contributed by atoms with Gasteiger partial charge < -0.3 is 15.6 Å². The van der Waals surface area contributed by atoms with E-state index in [2.05, 4.69) is 27.5 Å². The Kier molecular flexibility index (Phi) is 4.36. The van der Waals surface area contributed by atoms with Gasteiger partial charge in [-0.2, -0.15) is 0 Å². The fraction of sp³-hybridized carbons (Fsp3) is 0.692. The normalized spacial score (nSPS) is 25.7. The first kappa shape index (κ1) is 13.1. The average molecular weight is 250 g/mol. The second-order valence-corrected chi connectivity index (χ2v) is 5.00. The number of hydrogen-bond donors (Lipinski definition) is 3. The second-order valence-electron chi connectivity index (χ2n) is 5.00. The van der Waals surface area contributed by atoms with Gasteiger partial charge >= 0.3 is 0 Å². The van der Waals surface area contributed by atoms with E-state index in [1.54, 1.807) is 12.4 Å². The van der Waals surface area contributed by atoms with E-state index in [0.717, 1.165) is 31.6 Å². The highest BCUT2D eigenvalue weighted by Gasteiger charge is 2.29. The third-order valence-electron chi connectivity index (χ3n) is 3.63. The van der Waals surface area contributed by atoms with Crippen LogP contribution in [0.25, 0.3) is 0 Å². The number of H-pyrrole nitrogens is 1. The summed E-state index contributed by atoms with van der Waals surface area (Å²) in [5.41, 5.74) is 0. The van der Waals surface area contributed by atoms with E-state index in [1.807, 2.05) is 6.92 Å². The van der Waals surface area contributed by atoms with Gasteiger partial charge in [-0.25, -0.2) is 4.98 Å². The molecule has 3 N–H and O–H groups in total. The highest BCUT2D eigenvalue weighted by molar-refractivity contribution is 5.82. The molecule has 1 aliphatic heterocycles. The Bertz CT molecular complexity index is 376. The topological polar surface area (TPSA) is 69.8 Å². The van der Waals surface area contributed by atoms with Crippen LogP contribution in [0.4, 0.5) is 0 Å². The molecule has 0 aliphatic carbocycles. The van der Waals surface area contributed by atoms with Crippen molar-refractivity contribution in [2.45, 2.75) is 45.2 Å². The fourth-order valence-electron chi connectivity index (χ4n) is 2.49. The minimum atomic E-state index is -0.0669. The molecule has 0 saturated carbocycles. The average Bonchev–Trinajstić information content (AvgIpc) is 2.90. The summed E-state index contributed by atoms with van der Waals surface area (Å²) in [7, 11) is 0. The Morgan fingerprint density at radius 1 is 1.67 bits per heavy atom. The van der Waals surface area contributed by atoms with Crippen molar-refractivity contribution in [3.05, 3.63) is 18.2 Å². The molecule has 1 saturated heterocycles. The number of hydrogen-bond acceptors (Lipinski definition) is 3. The van der Waals surface area contributed by atoms with Gasteiger partial charge in [-0.1, -0.05) is 13.8 Å². The van der Waals surface area contributed by atoms with Crippen LogP contribution < -0.4 is 10.6 Å². The van der Waals surface area contributed by atoms with E-state index in [9.17, 15) is 4.79 Å². The molecule has 1 amide bonds. The summed E-state index contributed by atoms with van der Waals surface area (Å²) in [6.45, 7) is 5.11. The maximum Gasteiger partial charge on any atom is 0.238 e. The first-order valence-corrected chi connectivity index (χ1v) is 6.75. The lowest BCUT2D eigenvalue weighted by atomic mass is 9.92. The maximum absolute atomic E-state index is 12.3. The van der Waals surface area contributed by atoms with Crippen molar-refractivity contribution >= 4 is 5.91 Å². The summed E-state index contributed by atoms with van der Waals surface area (Å²) in [6.07, 6.45) is 6.60. The number of rotatable bonds is 4. The zero-order valence-corrected chi connectivity index (χ0v) is 11.1. The number of aromatic amines is 1. The third kappa shape index (κ3) is 2.90. The SMILES string of the molecule is CCC(NC(=O)C1NCCCC1C)c1ncc[nH]1. The molecular weight excluding hydrogens is 228 g/mol. The summed E-state index contributed by atoms with van der Waals surface area (Å²) < 4.78 is 0. The van der Waals surface area contributed by atoms with Crippen LogP contribution >= 0.6 is 0 Å². The number of aromatic nitrogens is 2. The van der Waals surface area contributed by atoms with E-state index in [0.29, 0.717) is 5.92 Å². The molecule has 2 heterocycles. The van der Waals surface area contributed by atoms with E-state index in [4.69, 9.17) is 0 Å². The van der Waals surface area contributed by atoms with E-state index >= 15 is 0 Å². The van der Waals surface area contributed by atoms with Gasteiger partial charge in [-0.15, -0.1) is 0 Å². The standard InChI is InChI=1S/C13H22N4O/c1-3-10(12-15-7-8-16-12)17-13(18)11-9(2)5-4-6-14-11/h7-11,14H,3-6H2,1-2H3,(H,15,16)(H,17,18). The smallest absolute Gasteiger partial charge is 0.238 e. The molecule has 3 unspecified atom stereocenters. The molecule has 2 rings (SSSR count). The van der Waals surface area contributed by atoms with Gasteiger partial charge in [0.15, 0.2) is 0 Å². The first-order chi connectivity index (χ1) is 8.72. The number of amides is 1. The molecule has 5 heteroatoms. The zero-order valence-electron chi connectivity index (χ0n) is 11.1. The van der Waals surface area contributed by atoms with Crippen LogP contribution in [0.1, 0.15) is 45.0 Å². The summed E-state index contributed by atoms with van der Waals surface area (Å²) >= 11 is 0. The van der Waals surface area contributed by atoms with Crippen LogP contribution in [0.5, 0.6) is 0 Å². The molecule has 1 aromatic rings. The molecule has 0 radical (unpaired) electrons. The molecule has 1 aliphatic rings. The van der Waals surface area contributed by atoms with Crippen molar-refractivity contribution in [1.29, 1.82) is 0 Å². The van der Waals surface area contributed by atoms with Crippen LogP contribution in [0.2, 0.25) is 0 Å². The minimum Gasteiger partial charge on any atom is -0.347 e. The number of imidazole rings is 1. The number of carbonyl (C=O) groups excluding carboxylic acids is 1. The lowest BCUT2D eigenvalue weighted by molar-refractivity contribution is -0.125. The molecule has 100 valence electrons. The summed E-state index contributed by atoms with van der Waals surface area (Å²) in [5.74, 6) is 1.31. The monoisotopic (exact) mass is 250 g/mol. The Labute approximate surface area is 108 Å². The molecule has 3 atom stereocenters. The summed E-state index contributed by atoms with van der Waals surface area (Å²) in [5, 5.41) is 6.37. The quantitative estimate of drug-likeness (QED) is 0.756. The van der Waals surface area contributed by atoms with Gasteiger partial charge in [0.1, 0.15) is 5.82 Å². The van der Waals surface area contributed by atoms with E-state index < -0.39 is 0 Å². The Morgan fingerprint density at radius 3 is 3.11 bits per heavy atom. The Morgan fingerprint density at radius 2 is 2.50 bits per heavy atom. The van der Waals surface area contributed by atoms with Crippen LogP contribution in [0, 0.1) is 5.92 Å². The largest absolute Gasteiger partial charge is 0.347 e. The molecule has 18 heavy (non-hydrogen) atoms. The molecule has 1 fully saturated rings. The van der Waals surface area contributed by atoms with Crippen molar-refractivity contribution in [2.24, 2.45) is 5.92 Å². The van der Waals surface area contributed by atoms with E-state index in [-0.39, 0.29) is 18.0 Å². The van der Waals surface area contributed by atoms with Crippen molar-refractivity contribution in [1.82, 2.24) is 20.6 Å². The summed E-state index contributed by atoms with van der Waals surface area (Å²) in [4.78, 5) is 19.5. The molecule has 1 aromatic heterocycles. The molecule has 0 aromatic carbocycles. The molecule has 0 spiro atoms. The third-order valence-corrected chi connectivity index (χ3v) is 3.63. The molecule has 0 bridgehead atoms. The van der Waals surface area contributed by atoms with E-state index in [1.165, 1.54) is 0 Å². The Balaban J connectivity index is 1.97. The number of carbonyl (C=O) groups is 1. The zero-order chi connectivity index (χ0) is 13.0. The van der Waals surface area contributed by atoms with Gasteiger partial charge in [0.25, 0.3) is 0 Å². The van der Waals surface area contributed by atoms with Crippen LogP contribution in [0.3, 0.4) is 0 Å². The van der Waals surface area contributed by atoms with Gasteiger partial charge in [0.05, 0.1) is 12.1 Å². The number of nitrogens with zero attached hydrogens (tertiary/aromatic N) is 1. The van der Waals surface area contributed by atoms with Gasteiger partial charge in [0, 0.05) is 12.4 Å². The predicted octanol–water partition coefficient (Wildman–Crippen LogP) is 1.37. The summed E-state index contributed by atoms with van der Waals surface area (Å²) in [6, 6.07) is -0.0915. The van der Waals surface area contributed by atoms with Crippen LogP contribution in [-0.2, 0) is 4.79 Å². The van der Waals surface area contributed by atoms with Crippen molar-refractivity contribution in [3.63, 3.8) is 0 Å². The first-order valence-electron chi connectivity index (χ1n) is 6.75. The van der Waals surface area contributed by atoms with Crippen molar-refractivity contribution < 1.29 is 4.79 Å². The predicted molar refractivity (Wildman–Crippen MR) is 70.0 cm³/mol. The van der Waals surface area contributed by atoms with Crippen LogP contribution in [0.15, 0.2) is 12.4 Å². The second kappa shape index (κ2) is 6.00. The number of piperidine rings is 1. The van der Waals surface area contributed by atoms with Crippen molar-refractivity contribution in [2.75, 3.05) is 6.54 Å². The Hall–Kier alpha value is -1.36. The van der Waals surface area contributed by atoms with Gasteiger partial charge in [-0.05, 0) is 31.7 Å². The van der Waals surface area contributed by atoms with Crippen molar-refractivity contribution in [3.8, 4) is 0 Å². The molecule has 5 nitrogen and oxygen atoms in total. The van der Waals surface area contributed by atoms with Gasteiger partial charge in [-0.3, -0.25) is 4.79 Å². The highest BCUT2D eigenvalue weighted by atomic mass is 16.2. The lowest BCUT2D eigenvalue weighted by Crippen LogP contribution is -2.51. The lowest BCUT2D eigenvalue weighted by Gasteiger charge is -2.30. The minimum absolute atomic E-state index is 0.0246. The maximum atomic E-state index is 12.3. The molecular formula is C13H22N4O. The van der Waals surface area contributed by atoms with Crippen LogP contribution in [-0.4, -0.2) is 28.5 Å². The highest BCUT2D eigenvalue weighted by Crippen LogP contribution is 2.18.